The van der Waals surface area contributed by atoms with Crippen LogP contribution in [0, 0.1) is 46.3 Å². The fourth-order valence-electron chi connectivity index (χ4n) is 1.41. The zero-order valence-corrected chi connectivity index (χ0v) is 11.5. The minimum atomic E-state index is 0.00960. The van der Waals surface area contributed by atoms with E-state index in [4.69, 9.17) is 23.7 Å². The first-order valence-electron chi connectivity index (χ1n) is 4.69. The number of aryl methyl sites for hydroxylation is 1. The Morgan fingerprint density at radius 2 is 1.61 bits per heavy atom. The van der Waals surface area contributed by atoms with E-state index in [0.29, 0.717) is 19.6 Å². The Kier molecular flexibility index (Phi) is 4.44. The van der Waals surface area contributed by atoms with Crippen molar-refractivity contribution in [3.8, 4) is 12.1 Å². The van der Waals surface area contributed by atoms with Crippen molar-refractivity contribution in [2.75, 3.05) is 0 Å². The van der Waals surface area contributed by atoms with Crippen molar-refractivity contribution < 1.29 is 0 Å². The number of rotatable bonds is 0. The normalized spacial score (nSPS) is 12.3. The van der Waals surface area contributed by atoms with Crippen molar-refractivity contribution in [3.05, 3.63) is 54.5 Å². The van der Waals surface area contributed by atoms with E-state index in [2.05, 4.69) is 9.69 Å². The summed E-state index contributed by atoms with van der Waals surface area (Å²) in [5.41, 5.74) is 0.725. The van der Waals surface area contributed by atoms with Crippen molar-refractivity contribution >= 4 is 34.0 Å². The number of hydrogen-bond acceptors (Lipinski definition) is 2. The number of nitriles is 2. The molecular formula is C13H5IN4. The van der Waals surface area contributed by atoms with E-state index in [1.165, 1.54) is 0 Å². The Balaban J connectivity index is 3.96. The van der Waals surface area contributed by atoms with Gasteiger partial charge in [0.2, 0.25) is 0 Å². The van der Waals surface area contributed by atoms with Crippen LogP contribution in [0.2, 0.25) is 0 Å². The lowest BCUT2D eigenvalue weighted by atomic mass is 10.1. The van der Waals surface area contributed by atoms with Crippen molar-refractivity contribution in [3.63, 3.8) is 0 Å². The van der Waals surface area contributed by atoms with Crippen LogP contribution in [0.4, 0.5) is 0 Å². The third-order valence-electron chi connectivity index (χ3n) is 2.26. The molecule has 0 N–H and O–H groups in total. The van der Waals surface area contributed by atoms with Gasteiger partial charge in [-0.2, -0.15) is 0 Å². The van der Waals surface area contributed by atoms with Crippen LogP contribution in [0.5, 0.6) is 0 Å². The summed E-state index contributed by atoms with van der Waals surface area (Å²) in [4.78, 5) is 6.33. The van der Waals surface area contributed by atoms with Crippen LogP contribution in [-0.4, -0.2) is 0 Å². The van der Waals surface area contributed by atoms with E-state index >= 15 is 0 Å². The number of hydrogen-bond donors (Lipinski definition) is 0. The molecule has 84 valence electrons. The van der Waals surface area contributed by atoms with Gasteiger partial charge in [-0.15, -0.1) is 0 Å². The quantitative estimate of drug-likeness (QED) is 0.531. The Bertz CT molecular complexity index is 690. The number of nitrogens with zero attached hydrogens (tertiary/aromatic N) is 4. The van der Waals surface area contributed by atoms with Gasteiger partial charge in [0.15, 0.2) is 0 Å². The fourth-order valence-corrected chi connectivity index (χ4v) is 2.13. The highest BCUT2D eigenvalue weighted by Gasteiger charge is 2.04. The topological polar surface area (TPSA) is 56.3 Å². The van der Waals surface area contributed by atoms with Crippen molar-refractivity contribution in [1.82, 2.24) is 0 Å². The maximum atomic E-state index is 8.86. The Morgan fingerprint density at radius 3 is 2.06 bits per heavy atom. The largest absolute Gasteiger partial charge is 0.270 e. The van der Waals surface area contributed by atoms with Gasteiger partial charge in [0.25, 0.3) is 11.4 Å². The second-order valence-electron chi connectivity index (χ2n) is 3.29. The molecule has 0 unspecified atom stereocenters. The summed E-state index contributed by atoms with van der Waals surface area (Å²) in [5, 5.41) is 18.8. The molecule has 0 aliphatic carbocycles. The minimum Gasteiger partial charge on any atom is -0.226 e. The predicted octanol–water partition coefficient (Wildman–Crippen LogP) is 1.70. The summed E-state index contributed by atoms with van der Waals surface area (Å²) in [6.07, 6.45) is 0. The van der Waals surface area contributed by atoms with Crippen LogP contribution < -0.4 is 10.4 Å². The summed E-state index contributed by atoms with van der Waals surface area (Å²) in [6, 6.07) is 7.00. The molecule has 0 saturated carbocycles. The Hall–Kier alpha value is -2.35. The van der Waals surface area contributed by atoms with Crippen LogP contribution in [0.15, 0.2) is 12.1 Å². The monoisotopic (exact) mass is 344 g/mol. The molecule has 0 heterocycles. The van der Waals surface area contributed by atoms with Gasteiger partial charge in [0.1, 0.15) is 0 Å². The molecule has 5 heteroatoms. The highest BCUT2D eigenvalue weighted by Crippen LogP contribution is 2.03. The number of halogens is 1. The first-order chi connectivity index (χ1) is 8.58. The Morgan fingerprint density at radius 1 is 1.11 bits per heavy atom. The summed E-state index contributed by atoms with van der Waals surface area (Å²) in [7, 11) is 0. The first-order valence-corrected chi connectivity index (χ1v) is 5.76. The van der Waals surface area contributed by atoms with Gasteiger partial charge in [-0.3, -0.25) is 0 Å². The standard InChI is InChI=1S/C13H5IN4/c1-8-4-10(13(7-16)18-3)11(14)5-9(8)12(6-15)17-2/h4-5H,1H3/b12-9+,13-10-. The van der Waals surface area contributed by atoms with Gasteiger partial charge in [-0.25, -0.2) is 20.2 Å². The summed E-state index contributed by atoms with van der Waals surface area (Å²) >= 11 is 1.99. The van der Waals surface area contributed by atoms with Crippen molar-refractivity contribution in [2.24, 2.45) is 0 Å². The average Bonchev–Trinajstić information content (AvgIpc) is 2.37. The third kappa shape index (κ3) is 2.48. The molecule has 0 radical (unpaired) electrons. The molecule has 0 aromatic heterocycles. The molecule has 0 bridgehead atoms. The second kappa shape index (κ2) is 5.82. The molecule has 4 nitrogen and oxygen atoms in total. The second-order valence-corrected chi connectivity index (χ2v) is 4.45. The predicted molar refractivity (Wildman–Crippen MR) is 74.4 cm³/mol. The lowest BCUT2D eigenvalue weighted by Crippen LogP contribution is -2.19. The van der Waals surface area contributed by atoms with Gasteiger partial charge in [0.05, 0.1) is 25.3 Å². The van der Waals surface area contributed by atoms with Crippen LogP contribution in [0.1, 0.15) is 5.56 Å². The smallest absolute Gasteiger partial charge is 0.226 e. The minimum absolute atomic E-state index is 0.00960. The highest BCUT2D eigenvalue weighted by atomic mass is 127. The SMILES string of the molecule is [C-]#[N+]/C(C#N)=c1/cc(C)/c(=C(\C#N)[N+]#[C-])cc1I. The number of benzene rings is 1. The van der Waals surface area contributed by atoms with Crippen LogP contribution >= 0.6 is 22.6 Å². The lowest BCUT2D eigenvalue weighted by Gasteiger charge is -1.99. The summed E-state index contributed by atoms with van der Waals surface area (Å²) < 4.78 is 0.678. The molecule has 0 saturated heterocycles. The van der Waals surface area contributed by atoms with Gasteiger partial charge in [0, 0.05) is 8.79 Å². The third-order valence-corrected chi connectivity index (χ3v) is 3.15. The van der Waals surface area contributed by atoms with E-state index in [1.54, 1.807) is 19.1 Å². The molecular weight excluding hydrogens is 339 g/mol. The average molecular weight is 344 g/mol. The van der Waals surface area contributed by atoms with Crippen molar-refractivity contribution in [1.29, 1.82) is 10.5 Å². The molecule has 1 rings (SSSR count). The van der Waals surface area contributed by atoms with Gasteiger partial charge >= 0.3 is 0 Å². The zero-order chi connectivity index (χ0) is 13.7. The first kappa shape index (κ1) is 13.7. The molecule has 1 aromatic rings. The molecule has 0 aliphatic heterocycles. The van der Waals surface area contributed by atoms with Crippen LogP contribution in [0.3, 0.4) is 0 Å². The maximum absolute atomic E-state index is 8.86. The van der Waals surface area contributed by atoms with Crippen LogP contribution in [0.25, 0.3) is 21.1 Å². The zero-order valence-electron chi connectivity index (χ0n) is 9.32. The van der Waals surface area contributed by atoms with E-state index in [9.17, 15) is 0 Å². The molecule has 0 amide bonds. The highest BCUT2D eigenvalue weighted by molar-refractivity contribution is 14.1. The van der Waals surface area contributed by atoms with E-state index in [1.807, 2.05) is 34.7 Å². The van der Waals surface area contributed by atoms with Gasteiger partial charge < -0.3 is 0 Å². The lowest BCUT2D eigenvalue weighted by molar-refractivity contribution is 1.34. The van der Waals surface area contributed by atoms with Crippen LogP contribution in [-0.2, 0) is 0 Å². The van der Waals surface area contributed by atoms with E-state index in [0.717, 1.165) is 0 Å². The molecule has 0 spiro atoms. The molecule has 18 heavy (non-hydrogen) atoms. The van der Waals surface area contributed by atoms with Gasteiger partial charge in [-0.1, -0.05) is 17.7 Å². The Labute approximate surface area is 118 Å². The molecule has 0 fully saturated rings. The fraction of sp³-hybridized carbons (Fsp3) is 0.0769. The van der Waals surface area contributed by atoms with E-state index < -0.39 is 0 Å². The molecule has 0 atom stereocenters. The van der Waals surface area contributed by atoms with E-state index in [-0.39, 0.29) is 11.4 Å². The molecule has 1 aromatic carbocycles. The van der Waals surface area contributed by atoms with Gasteiger partial charge in [-0.05, 0) is 34.7 Å². The summed E-state index contributed by atoms with van der Waals surface area (Å²) in [6.45, 7) is 15.6. The molecule has 0 aliphatic rings. The van der Waals surface area contributed by atoms with Crippen molar-refractivity contribution in [2.45, 2.75) is 6.92 Å². The summed E-state index contributed by atoms with van der Waals surface area (Å²) in [5.74, 6) is 0. The maximum Gasteiger partial charge on any atom is 0.270 e.